The summed E-state index contributed by atoms with van der Waals surface area (Å²) in [6.45, 7) is 4.49. The van der Waals surface area contributed by atoms with Crippen LogP contribution in [0.2, 0.25) is 0 Å². The van der Waals surface area contributed by atoms with Gasteiger partial charge in [0.15, 0.2) is 11.4 Å². The maximum atomic E-state index is 13.7. The average molecular weight is 528 g/mol. The minimum atomic E-state index is -1.93. The minimum absolute atomic E-state index is 0.269. The SMILES string of the molecule is CC(C)c1ccc(C(=O)CC2(O)C(=O)N(Cc3ccc4ccccc4c3)c3ccc(Br)cc32)cc1. The molecule has 1 amide bonds. The van der Waals surface area contributed by atoms with Crippen molar-refractivity contribution in [1.82, 2.24) is 0 Å². The third-order valence-electron chi connectivity index (χ3n) is 6.76. The van der Waals surface area contributed by atoms with Gasteiger partial charge in [-0.15, -0.1) is 0 Å². The van der Waals surface area contributed by atoms with Gasteiger partial charge >= 0.3 is 0 Å². The summed E-state index contributed by atoms with van der Waals surface area (Å²) in [6.07, 6.45) is -0.315. The zero-order valence-corrected chi connectivity index (χ0v) is 21.2. The Kier molecular flexibility index (Phi) is 6.07. The zero-order chi connectivity index (χ0) is 24.7. The van der Waals surface area contributed by atoms with E-state index in [4.69, 9.17) is 0 Å². The smallest absolute Gasteiger partial charge is 0.264 e. The van der Waals surface area contributed by atoms with Crippen molar-refractivity contribution in [1.29, 1.82) is 0 Å². The lowest BCUT2D eigenvalue weighted by molar-refractivity contribution is -0.136. The second-order valence-corrected chi connectivity index (χ2v) is 10.4. The van der Waals surface area contributed by atoms with E-state index in [9.17, 15) is 14.7 Å². The largest absolute Gasteiger partial charge is 0.375 e. The minimum Gasteiger partial charge on any atom is -0.375 e. The lowest BCUT2D eigenvalue weighted by atomic mass is 9.87. The third kappa shape index (κ3) is 4.30. The van der Waals surface area contributed by atoms with Crippen molar-refractivity contribution in [3.63, 3.8) is 0 Å². The number of amides is 1. The second-order valence-electron chi connectivity index (χ2n) is 9.47. The van der Waals surface area contributed by atoms with E-state index >= 15 is 0 Å². The summed E-state index contributed by atoms with van der Waals surface area (Å²) in [5.74, 6) is -0.395. The summed E-state index contributed by atoms with van der Waals surface area (Å²) in [6, 6.07) is 26.9. The summed E-state index contributed by atoms with van der Waals surface area (Å²) in [7, 11) is 0. The van der Waals surface area contributed by atoms with Crippen LogP contribution < -0.4 is 4.90 Å². The molecule has 1 heterocycles. The molecule has 0 aromatic heterocycles. The molecule has 1 aliphatic heterocycles. The Balaban J connectivity index is 1.47. The fourth-order valence-electron chi connectivity index (χ4n) is 4.76. The number of aliphatic hydroxyl groups is 1. The summed E-state index contributed by atoms with van der Waals surface area (Å²) in [5.41, 5.74) is 1.71. The van der Waals surface area contributed by atoms with Gasteiger partial charge in [-0.2, -0.15) is 0 Å². The first-order chi connectivity index (χ1) is 16.8. The van der Waals surface area contributed by atoms with E-state index in [0.717, 1.165) is 26.4 Å². The predicted octanol–water partition coefficient (Wildman–Crippen LogP) is 6.73. The second kappa shape index (κ2) is 9.06. The van der Waals surface area contributed by atoms with Crippen LogP contribution in [-0.4, -0.2) is 16.8 Å². The molecule has 0 spiro atoms. The van der Waals surface area contributed by atoms with Crippen LogP contribution in [0.15, 0.2) is 89.4 Å². The van der Waals surface area contributed by atoms with E-state index in [-0.39, 0.29) is 12.2 Å². The molecule has 4 aromatic rings. The molecule has 0 bridgehead atoms. The van der Waals surface area contributed by atoms with Crippen molar-refractivity contribution in [2.75, 3.05) is 4.90 Å². The van der Waals surface area contributed by atoms with E-state index in [1.54, 1.807) is 23.1 Å². The summed E-state index contributed by atoms with van der Waals surface area (Å²) in [5, 5.41) is 13.9. The standard InChI is InChI=1S/C30H26BrNO3/c1-19(2)21-9-11-23(12-10-21)28(33)17-30(35)26-16-25(31)13-14-27(26)32(29(30)34)18-20-7-8-22-5-3-4-6-24(22)15-20/h3-16,19,35H,17-18H2,1-2H3. The molecule has 4 nitrogen and oxygen atoms in total. The molecule has 1 aliphatic rings. The number of Topliss-reactive ketones (excluding diaryl/α,β-unsaturated/α-hetero) is 1. The zero-order valence-electron chi connectivity index (χ0n) is 19.7. The van der Waals surface area contributed by atoms with Crippen molar-refractivity contribution < 1.29 is 14.7 Å². The first-order valence-corrected chi connectivity index (χ1v) is 12.5. The van der Waals surface area contributed by atoms with Gasteiger partial charge in [0, 0.05) is 15.6 Å². The molecule has 0 fully saturated rings. The highest BCUT2D eigenvalue weighted by Gasteiger charge is 2.51. The quantitative estimate of drug-likeness (QED) is 0.282. The van der Waals surface area contributed by atoms with Crippen molar-refractivity contribution in [2.24, 2.45) is 0 Å². The highest BCUT2D eigenvalue weighted by atomic mass is 79.9. The Bertz CT molecular complexity index is 1440. The molecule has 5 heteroatoms. The lowest BCUT2D eigenvalue weighted by Crippen LogP contribution is -2.41. The van der Waals surface area contributed by atoms with Gasteiger partial charge in [-0.1, -0.05) is 90.4 Å². The van der Waals surface area contributed by atoms with Gasteiger partial charge < -0.3 is 10.0 Å². The van der Waals surface area contributed by atoms with E-state index in [0.29, 0.717) is 29.3 Å². The first kappa shape index (κ1) is 23.5. The van der Waals surface area contributed by atoms with Crippen LogP contribution in [0.1, 0.15) is 53.2 Å². The maximum absolute atomic E-state index is 13.7. The fraction of sp³-hybridized carbons (Fsp3) is 0.200. The first-order valence-electron chi connectivity index (χ1n) is 11.7. The summed E-state index contributed by atoms with van der Waals surface area (Å²) in [4.78, 5) is 28.5. The number of benzene rings is 4. The number of anilines is 1. The predicted molar refractivity (Wildman–Crippen MR) is 143 cm³/mol. The molecule has 35 heavy (non-hydrogen) atoms. The van der Waals surface area contributed by atoms with Gasteiger partial charge in [0.25, 0.3) is 5.91 Å². The number of fused-ring (bicyclic) bond motifs is 2. The number of rotatable bonds is 6. The molecule has 5 rings (SSSR count). The highest BCUT2D eigenvalue weighted by Crippen LogP contribution is 2.45. The van der Waals surface area contributed by atoms with Gasteiger partial charge in [0.1, 0.15) is 0 Å². The van der Waals surface area contributed by atoms with Gasteiger partial charge in [0.05, 0.1) is 18.7 Å². The maximum Gasteiger partial charge on any atom is 0.264 e. The molecule has 1 N–H and O–H groups in total. The van der Waals surface area contributed by atoms with Gasteiger partial charge in [-0.05, 0) is 52.1 Å². The molecular formula is C30H26BrNO3. The molecule has 1 atom stereocenters. The van der Waals surface area contributed by atoms with Crippen LogP contribution in [-0.2, 0) is 16.9 Å². The van der Waals surface area contributed by atoms with Crippen molar-refractivity contribution in [3.8, 4) is 0 Å². The van der Waals surface area contributed by atoms with Crippen LogP contribution in [0.5, 0.6) is 0 Å². The third-order valence-corrected chi connectivity index (χ3v) is 7.26. The lowest BCUT2D eigenvalue weighted by Gasteiger charge is -2.23. The average Bonchev–Trinajstić information content (AvgIpc) is 3.05. The van der Waals surface area contributed by atoms with Crippen molar-refractivity contribution >= 4 is 44.1 Å². The van der Waals surface area contributed by atoms with Crippen LogP contribution in [0.4, 0.5) is 5.69 Å². The number of halogens is 1. The molecule has 0 saturated heterocycles. The van der Waals surface area contributed by atoms with Crippen molar-refractivity contribution in [3.05, 3.63) is 112 Å². The Labute approximate surface area is 213 Å². The molecule has 0 saturated carbocycles. The number of hydrogen-bond donors (Lipinski definition) is 1. The normalized spacial score (nSPS) is 17.3. The van der Waals surface area contributed by atoms with Crippen LogP contribution in [0.25, 0.3) is 10.8 Å². The molecule has 0 aliphatic carbocycles. The molecule has 0 radical (unpaired) electrons. The van der Waals surface area contributed by atoms with E-state index in [1.807, 2.05) is 60.7 Å². The van der Waals surface area contributed by atoms with E-state index in [1.165, 1.54) is 0 Å². The Morgan fingerprint density at radius 3 is 2.37 bits per heavy atom. The number of ketones is 1. The molecule has 176 valence electrons. The van der Waals surface area contributed by atoms with Crippen LogP contribution in [0.3, 0.4) is 0 Å². The van der Waals surface area contributed by atoms with Gasteiger partial charge in [-0.3, -0.25) is 9.59 Å². The summed E-state index contributed by atoms with van der Waals surface area (Å²) >= 11 is 3.46. The Morgan fingerprint density at radius 2 is 1.66 bits per heavy atom. The monoisotopic (exact) mass is 527 g/mol. The molecule has 4 aromatic carbocycles. The number of carbonyl (C=O) groups is 2. The Morgan fingerprint density at radius 1 is 0.943 bits per heavy atom. The van der Waals surface area contributed by atoms with Gasteiger partial charge in [-0.25, -0.2) is 0 Å². The van der Waals surface area contributed by atoms with Crippen LogP contribution in [0, 0.1) is 0 Å². The van der Waals surface area contributed by atoms with Crippen LogP contribution >= 0.6 is 15.9 Å². The number of carbonyl (C=O) groups excluding carboxylic acids is 2. The highest BCUT2D eigenvalue weighted by molar-refractivity contribution is 9.10. The molecule has 1 unspecified atom stereocenters. The number of nitrogens with zero attached hydrogens (tertiary/aromatic N) is 1. The number of hydrogen-bond acceptors (Lipinski definition) is 3. The van der Waals surface area contributed by atoms with E-state index < -0.39 is 11.5 Å². The topological polar surface area (TPSA) is 57.6 Å². The Hall–Kier alpha value is -3.28. The summed E-state index contributed by atoms with van der Waals surface area (Å²) < 4.78 is 0.740. The van der Waals surface area contributed by atoms with E-state index in [2.05, 4.69) is 35.8 Å². The van der Waals surface area contributed by atoms with Crippen molar-refractivity contribution in [2.45, 2.75) is 38.3 Å². The fourth-order valence-corrected chi connectivity index (χ4v) is 5.12. The van der Waals surface area contributed by atoms with Gasteiger partial charge in [0.2, 0.25) is 0 Å². The molecular weight excluding hydrogens is 502 g/mol.